The van der Waals surface area contributed by atoms with Gasteiger partial charge < -0.3 is 25.4 Å². The number of hydrogen-bond donors (Lipinski definition) is 3. The number of carbonyl (C=O) groups is 1. The lowest BCUT2D eigenvalue weighted by atomic mass is 9.67. The molecule has 1 amide bonds. The largest absolute Gasteiger partial charge is 0.492 e. The summed E-state index contributed by atoms with van der Waals surface area (Å²) in [7, 11) is 3.53. The fourth-order valence-corrected chi connectivity index (χ4v) is 3.21. The fraction of sp³-hybridized carbons (Fsp3) is 0.600. The Morgan fingerprint density at radius 1 is 1.26 bits per heavy atom. The maximum absolute atomic E-state index is 11.1. The molecule has 0 saturated heterocycles. The molecule has 0 heterocycles. The van der Waals surface area contributed by atoms with Crippen LogP contribution in [0.2, 0.25) is 0 Å². The van der Waals surface area contributed by atoms with E-state index < -0.39 is 0 Å². The molecule has 3 N–H and O–H groups in total. The van der Waals surface area contributed by atoms with Gasteiger partial charge in [-0.1, -0.05) is 12.5 Å². The van der Waals surface area contributed by atoms with Gasteiger partial charge in [-0.05, 0) is 36.8 Å². The number of carbonyl (C=O) groups excluding carboxylic acids is 1. The van der Waals surface area contributed by atoms with Crippen molar-refractivity contribution in [3.05, 3.63) is 24.3 Å². The number of rotatable bonds is 10. The van der Waals surface area contributed by atoms with E-state index in [1.54, 1.807) is 14.2 Å². The molecule has 1 fully saturated rings. The van der Waals surface area contributed by atoms with E-state index in [-0.39, 0.29) is 5.91 Å². The highest BCUT2D eigenvalue weighted by Gasteiger charge is 2.36. The summed E-state index contributed by atoms with van der Waals surface area (Å²) in [5.41, 5.74) is 1.07. The quantitative estimate of drug-likeness (QED) is 0.332. The molecule has 1 aliphatic rings. The first-order chi connectivity index (χ1) is 13.1. The summed E-state index contributed by atoms with van der Waals surface area (Å²) in [6, 6.07) is 7.36. The highest BCUT2D eigenvalue weighted by atomic mass is 16.5. The number of amides is 1. The Hall–Kier alpha value is -2.28. The van der Waals surface area contributed by atoms with Gasteiger partial charge in [0.1, 0.15) is 12.4 Å². The van der Waals surface area contributed by atoms with Crippen LogP contribution >= 0.6 is 0 Å². The average Bonchev–Trinajstić information content (AvgIpc) is 2.62. The van der Waals surface area contributed by atoms with Crippen molar-refractivity contribution in [2.45, 2.75) is 32.6 Å². The lowest BCUT2D eigenvalue weighted by molar-refractivity contribution is -0.114. The number of anilines is 1. The molecule has 0 radical (unpaired) electrons. The van der Waals surface area contributed by atoms with Gasteiger partial charge in [-0.3, -0.25) is 9.79 Å². The van der Waals surface area contributed by atoms with Crippen molar-refractivity contribution in [2.75, 3.05) is 45.8 Å². The summed E-state index contributed by atoms with van der Waals surface area (Å²) >= 11 is 0. The van der Waals surface area contributed by atoms with E-state index in [2.05, 4.69) is 20.9 Å². The summed E-state index contributed by atoms with van der Waals surface area (Å²) in [5, 5.41) is 9.45. The predicted octanol–water partition coefficient (Wildman–Crippen LogP) is 2.40. The van der Waals surface area contributed by atoms with Gasteiger partial charge >= 0.3 is 0 Å². The third kappa shape index (κ3) is 7.09. The molecule has 0 unspecified atom stereocenters. The van der Waals surface area contributed by atoms with E-state index in [1.807, 2.05) is 24.3 Å². The van der Waals surface area contributed by atoms with Gasteiger partial charge in [-0.25, -0.2) is 0 Å². The number of nitrogens with one attached hydrogen (secondary N) is 3. The maximum atomic E-state index is 11.1. The number of guanidine groups is 1. The first kappa shape index (κ1) is 21.0. The van der Waals surface area contributed by atoms with Crippen LogP contribution in [0.5, 0.6) is 5.75 Å². The van der Waals surface area contributed by atoms with Gasteiger partial charge in [0.05, 0.1) is 6.54 Å². The second-order valence-electron chi connectivity index (χ2n) is 7.01. The molecule has 1 aromatic carbocycles. The number of methoxy groups -OCH3 is 1. The van der Waals surface area contributed by atoms with Crippen LogP contribution in [0.4, 0.5) is 5.69 Å². The zero-order valence-electron chi connectivity index (χ0n) is 16.6. The minimum Gasteiger partial charge on any atom is -0.492 e. The molecule has 1 aliphatic carbocycles. The van der Waals surface area contributed by atoms with E-state index in [0.29, 0.717) is 18.6 Å². The first-order valence-corrected chi connectivity index (χ1v) is 9.51. The predicted molar refractivity (Wildman–Crippen MR) is 108 cm³/mol. The Balaban J connectivity index is 1.70. The second kappa shape index (κ2) is 10.8. The van der Waals surface area contributed by atoms with Crippen LogP contribution in [-0.2, 0) is 9.53 Å². The van der Waals surface area contributed by atoms with Crippen molar-refractivity contribution in [3.63, 3.8) is 0 Å². The molecule has 0 aromatic heterocycles. The molecule has 0 atom stereocenters. The normalized spacial score (nSPS) is 15.6. The van der Waals surface area contributed by atoms with Crippen molar-refractivity contribution in [1.82, 2.24) is 10.6 Å². The van der Waals surface area contributed by atoms with Gasteiger partial charge in [0.25, 0.3) is 0 Å². The topological polar surface area (TPSA) is 84.0 Å². The zero-order chi connectivity index (χ0) is 19.5. The smallest absolute Gasteiger partial charge is 0.221 e. The Kier molecular flexibility index (Phi) is 8.39. The van der Waals surface area contributed by atoms with E-state index in [4.69, 9.17) is 9.47 Å². The van der Waals surface area contributed by atoms with Gasteiger partial charge in [-0.15, -0.1) is 0 Å². The number of ether oxygens (including phenoxy) is 2. The molecule has 2 rings (SSSR count). The number of aliphatic imine (C=N–C) groups is 1. The number of benzene rings is 1. The zero-order valence-corrected chi connectivity index (χ0v) is 16.6. The summed E-state index contributed by atoms with van der Waals surface area (Å²) in [6.45, 7) is 4.34. The molecule has 150 valence electrons. The van der Waals surface area contributed by atoms with E-state index in [0.717, 1.165) is 37.0 Å². The molecule has 0 spiro atoms. The third-order valence-corrected chi connectivity index (χ3v) is 4.92. The molecule has 0 bridgehead atoms. The molecular formula is C20H32N4O3. The second-order valence-corrected chi connectivity index (χ2v) is 7.01. The van der Waals surface area contributed by atoms with Crippen LogP contribution in [0.1, 0.15) is 32.6 Å². The first-order valence-electron chi connectivity index (χ1n) is 9.51. The average molecular weight is 377 g/mol. The summed E-state index contributed by atoms with van der Waals surface area (Å²) < 4.78 is 11.0. The molecular weight excluding hydrogens is 344 g/mol. The Morgan fingerprint density at radius 3 is 2.70 bits per heavy atom. The monoisotopic (exact) mass is 376 g/mol. The standard InChI is InChI=1S/C20H32N4O3/c1-16(25)24-17-6-4-7-18(14-17)27-13-11-22-19(21-2)23-15-20(8-5-9-20)10-12-26-3/h4,6-7,14H,5,8-13,15H2,1-3H3,(H,24,25)(H2,21,22,23). The molecule has 1 aromatic rings. The van der Waals surface area contributed by atoms with Crippen molar-refractivity contribution in [1.29, 1.82) is 0 Å². The minimum atomic E-state index is -0.0987. The minimum absolute atomic E-state index is 0.0987. The van der Waals surface area contributed by atoms with Crippen LogP contribution in [0, 0.1) is 5.41 Å². The molecule has 0 aliphatic heterocycles. The van der Waals surface area contributed by atoms with Crippen molar-refractivity contribution < 1.29 is 14.3 Å². The van der Waals surface area contributed by atoms with Crippen molar-refractivity contribution >= 4 is 17.6 Å². The Bertz CT molecular complexity index is 629. The molecule has 1 saturated carbocycles. The summed E-state index contributed by atoms with van der Waals surface area (Å²) in [6.07, 6.45) is 4.87. The SMILES string of the molecule is CN=C(NCCOc1cccc(NC(C)=O)c1)NCC1(CCOC)CCC1. The lowest BCUT2D eigenvalue weighted by Crippen LogP contribution is -2.47. The highest BCUT2D eigenvalue weighted by Crippen LogP contribution is 2.43. The van der Waals surface area contributed by atoms with Crippen LogP contribution in [0.25, 0.3) is 0 Å². The van der Waals surface area contributed by atoms with Gasteiger partial charge in [0.15, 0.2) is 5.96 Å². The maximum Gasteiger partial charge on any atom is 0.221 e. The van der Waals surface area contributed by atoms with Crippen LogP contribution in [0.15, 0.2) is 29.3 Å². The van der Waals surface area contributed by atoms with Crippen LogP contribution in [-0.4, -0.2) is 52.3 Å². The van der Waals surface area contributed by atoms with Gasteiger partial charge in [-0.2, -0.15) is 0 Å². The van der Waals surface area contributed by atoms with Crippen LogP contribution in [0.3, 0.4) is 0 Å². The third-order valence-electron chi connectivity index (χ3n) is 4.92. The Morgan fingerprint density at radius 2 is 2.07 bits per heavy atom. The molecule has 27 heavy (non-hydrogen) atoms. The summed E-state index contributed by atoms with van der Waals surface area (Å²) in [5.74, 6) is 1.41. The van der Waals surface area contributed by atoms with Crippen molar-refractivity contribution in [2.24, 2.45) is 10.4 Å². The summed E-state index contributed by atoms with van der Waals surface area (Å²) in [4.78, 5) is 15.4. The van der Waals surface area contributed by atoms with Gasteiger partial charge in [0.2, 0.25) is 5.91 Å². The van der Waals surface area contributed by atoms with E-state index in [1.165, 1.54) is 26.2 Å². The number of hydrogen-bond acceptors (Lipinski definition) is 4. The van der Waals surface area contributed by atoms with E-state index in [9.17, 15) is 4.79 Å². The molecule has 7 heteroatoms. The number of nitrogens with zero attached hydrogens (tertiary/aromatic N) is 1. The van der Waals surface area contributed by atoms with E-state index >= 15 is 0 Å². The van der Waals surface area contributed by atoms with Gasteiger partial charge in [0, 0.05) is 46.0 Å². The Labute approximate surface area is 161 Å². The highest BCUT2D eigenvalue weighted by molar-refractivity contribution is 5.88. The van der Waals surface area contributed by atoms with Crippen molar-refractivity contribution in [3.8, 4) is 5.75 Å². The van der Waals surface area contributed by atoms with Crippen LogP contribution < -0.4 is 20.7 Å². The fourth-order valence-electron chi connectivity index (χ4n) is 3.21. The molecule has 7 nitrogen and oxygen atoms in total. The lowest BCUT2D eigenvalue weighted by Gasteiger charge is -2.42.